The van der Waals surface area contributed by atoms with Crippen molar-refractivity contribution < 1.29 is 4.39 Å². The molecule has 1 rings (SSSR count). The molecule has 1 aromatic rings. The van der Waals surface area contributed by atoms with Gasteiger partial charge >= 0.3 is 0 Å². The normalized spacial score (nSPS) is 9.12. The molecule has 0 saturated carbocycles. The third kappa shape index (κ3) is 3.65. The van der Waals surface area contributed by atoms with Crippen molar-refractivity contribution in [1.82, 2.24) is 0 Å². The summed E-state index contributed by atoms with van der Waals surface area (Å²) in [7, 11) is 0. The molecule has 0 radical (unpaired) electrons. The second-order valence-electron chi connectivity index (χ2n) is 3.32. The van der Waals surface area contributed by atoms with Crippen LogP contribution in [0.4, 0.5) is 10.1 Å². The topological polar surface area (TPSA) is 35.9 Å². The standard InChI is InChI=1S/C11H15FN2.C2H6/c1-4-14-10-6-7(2)5-9(12)11(10)8(3)13;1-2/h5-6,13-14H,4H2,1-3H3;1-2H3. The van der Waals surface area contributed by atoms with Gasteiger partial charge in [0.15, 0.2) is 0 Å². The van der Waals surface area contributed by atoms with Crippen molar-refractivity contribution in [1.29, 1.82) is 5.41 Å². The molecule has 2 N–H and O–H groups in total. The summed E-state index contributed by atoms with van der Waals surface area (Å²) in [4.78, 5) is 0. The molecule has 0 unspecified atom stereocenters. The number of rotatable bonds is 3. The molecule has 0 saturated heterocycles. The van der Waals surface area contributed by atoms with Gasteiger partial charge in [0.1, 0.15) is 5.82 Å². The average molecular weight is 224 g/mol. The molecule has 16 heavy (non-hydrogen) atoms. The first-order valence-corrected chi connectivity index (χ1v) is 5.65. The maximum Gasteiger partial charge on any atom is 0.134 e. The Bertz CT molecular complexity index is 359. The van der Waals surface area contributed by atoms with Gasteiger partial charge in [-0.25, -0.2) is 4.39 Å². The largest absolute Gasteiger partial charge is 0.385 e. The Hall–Kier alpha value is -1.38. The molecule has 2 nitrogen and oxygen atoms in total. The van der Waals surface area contributed by atoms with Gasteiger partial charge in [0.2, 0.25) is 0 Å². The zero-order valence-corrected chi connectivity index (χ0v) is 10.7. The highest BCUT2D eigenvalue weighted by Gasteiger charge is 2.10. The molecule has 0 aliphatic carbocycles. The van der Waals surface area contributed by atoms with E-state index in [2.05, 4.69) is 5.32 Å². The quantitative estimate of drug-likeness (QED) is 0.748. The van der Waals surface area contributed by atoms with Crippen LogP contribution in [0.1, 0.15) is 38.8 Å². The molecule has 0 aliphatic rings. The minimum Gasteiger partial charge on any atom is -0.385 e. The molecule has 1 aromatic carbocycles. The first-order chi connectivity index (χ1) is 7.56. The number of nitrogens with one attached hydrogen (secondary N) is 2. The zero-order valence-electron chi connectivity index (χ0n) is 10.7. The average Bonchev–Trinajstić information content (AvgIpc) is 2.19. The molecule has 0 aromatic heterocycles. The smallest absolute Gasteiger partial charge is 0.134 e. The van der Waals surface area contributed by atoms with Crippen molar-refractivity contribution >= 4 is 11.4 Å². The van der Waals surface area contributed by atoms with E-state index < -0.39 is 0 Å². The van der Waals surface area contributed by atoms with E-state index in [9.17, 15) is 4.39 Å². The van der Waals surface area contributed by atoms with Crippen molar-refractivity contribution in [2.24, 2.45) is 0 Å². The Balaban J connectivity index is 0.00000106. The second kappa shape index (κ2) is 6.99. The van der Waals surface area contributed by atoms with E-state index in [1.807, 2.05) is 33.8 Å². The van der Waals surface area contributed by atoms with Gasteiger partial charge in [0.05, 0.1) is 5.56 Å². The van der Waals surface area contributed by atoms with Crippen molar-refractivity contribution in [3.05, 3.63) is 29.1 Å². The van der Waals surface area contributed by atoms with Crippen LogP contribution in [0.25, 0.3) is 0 Å². The number of hydrogen-bond acceptors (Lipinski definition) is 2. The molecule has 0 heterocycles. The van der Waals surface area contributed by atoms with Crippen molar-refractivity contribution in [3.8, 4) is 0 Å². The fraction of sp³-hybridized carbons (Fsp3) is 0.462. The lowest BCUT2D eigenvalue weighted by Crippen LogP contribution is -2.07. The number of aryl methyl sites for hydroxylation is 1. The first-order valence-electron chi connectivity index (χ1n) is 5.65. The summed E-state index contributed by atoms with van der Waals surface area (Å²) in [5.74, 6) is -0.326. The van der Waals surface area contributed by atoms with E-state index in [1.54, 1.807) is 6.92 Å². The highest BCUT2D eigenvalue weighted by atomic mass is 19.1. The molecule has 0 bridgehead atoms. The van der Waals surface area contributed by atoms with Gasteiger partial charge in [-0.2, -0.15) is 0 Å². The van der Waals surface area contributed by atoms with Crippen LogP contribution in [0.15, 0.2) is 12.1 Å². The van der Waals surface area contributed by atoms with Crippen LogP contribution in [0.5, 0.6) is 0 Å². The van der Waals surface area contributed by atoms with Gasteiger partial charge in [0.25, 0.3) is 0 Å². The third-order valence-corrected chi connectivity index (χ3v) is 1.98. The summed E-state index contributed by atoms with van der Waals surface area (Å²) in [6, 6.07) is 3.31. The summed E-state index contributed by atoms with van der Waals surface area (Å²) in [5, 5.41) is 10.5. The monoisotopic (exact) mass is 224 g/mol. The van der Waals surface area contributed by atoms with Crippen LogP contribution < -0.4 is 5.32 Å². The van der Waals surface area contributed by atoms with Crippen LogP contribution in [0, 0.1) is 18.2 Å². The van der Waals surface area contributed by atoms with Crippen LogP contribution in [-0.4, -0.2) is 12.3 Å². The lowest BCUT2D eigenvalue weighted by Gasteiger charge is -2.11. The van der Waals surface area contributed by atoms with Gasteiger partial charge in [-0.1, -0.05) is 13.8 Å². The molecular formula is C13H21FN2. The molecule has 0 fully saturated rings. The third-order valence-electron chi connectivity index (χ3n) is 1.98. The lowest BCUT2D eigenvalue weighted by molar-refractivity contribution is 0.624. The molecule has 0 aliphatic heterocycles. The van der Waals surface area contributed by atoms with Crippen LogP contribution >= 0.6 is 0 Å². The predicted octanol–water partition coefficient (Wildman–Crippen LogP) is 3.98. The van der Waals surface area contributed by atoms with Crippen LogP contribution in [-0.2, 0) is 0 Å². The minimum atomic E-state index is -0.326. The molecule has 0 atom stereocenters. The fourth-order valence-corrected chi connectivity index (χ4v) is 1.45. The highest BCUT2D eigenvalue weighted by Crippen LogP contribution is 2.21. The lowest BCUT2D eigenvalue weighted by atomic mass is 10.1. The number of anilines is 1. The maximum absolute atomic E-state index is 13.5. The summed E-state index contributed by atoms with van der Waals surface area (Å²) >= 11 is 0. The van der Waals surface area contributed by atoms with E-state index >= 15 is 0 Å². The van der Waals surface area contributed by atoms with Crippen molar-refractivity contribution in [2.45, 2.75) is 34.6 Å². The second-order valence-corrected chi connectivity index (χ2v) is 3.32. The Morgan fingerprint density at radius 2 is 1.94 bits per heavy atom. The van der Waals surface area contributed by atoms with Crippen LogP contribution in [0.3, 0.4) is 0 Å². The SMILES string of the molecule is CC.CCNc1cc(C)cc(F)c1C(C)=N. The van der Waals surface area contributed by atoms with Crippen molar-refractivity contribution in [3.63, 3.8) is 0 Å². The molecule has 90 valence electrons. The summed E-state index contributed by atoms with van der Waals surface area (Å²) in [6.07, 6.45) is 0. The molecule has 3 heteroatoms. The van der Waals surface area contributed by atoms with Gasteiger partial charge in [-0.3, -0.25) is 0 Å². The predicted molar refractivity (Wildman–Crippen MR) is 69.2 cm³/mol. The number of halogens is 1. The fourth-order valence-electron chi connectivity index (χ4n) is 1.45. The van der Waals surface area contributed by atoms with Crippen molar-refractivity contribution in [2.75, 3.05) is 11.9 Å². The Morgan fingerprint density at radius 1 is 1.38 bits per heavy atom. The van der Waals surface area contributed by atoms with Gasteiger partial charge in [-0.05, 0) is 38.5 Å². The molecular weight excluding hydrogens is 203 g/mol. The van der Waals surface area contributed by atoms with Gasteiger partial charge < -0.3 is 10.7 Å². The molecule has 0 spiro atoms. The number of benzene rings is 1. The Morgan fingerprint density at radius 3 is 2.38 bits per heavy atom. The highest BCUT2D eigenvalue weighted by molar-refractivity contribution is 6.01. The number of hydrogen-bond donors (Lipinski definition) is 2. The minimum absolute atomic E-state index is 0.249. The Kier molecular flexibility index (Phi) is 6.38. The maximum atomic E-state index is 13.5. The van der Waals surface area contributed by atoms with E-state index in [1.165, 1.54) is 6.07 Å². The van der Waals surface area contributed by atoms with Gasteiger partial charge in [-0.15, -0.1) is 0 Å². The van der Waals surface area contributed by atoms with Gasteiger partial charge in [0, 0.05) is 17.9 Å². The first kappa shape index (κ1) is 14.6. The van der Waals surface area contributed by atoms with E-state index in [0.29, 0.717) is 11.3 Å². The van der Waals surface area contributed by atoms with E-state index in [4.69, 9.17) is 5.41 Å². The zero-order chi connectivity index (χ0) is 12.7. The molecule has 0 amide bonds. The summed E-state index contributed by atoms with van der Waals surface area (Å²) in [5.41, 5.74) is 2.19. The summed E-state index contributed by atoms with van der Waals surface area (Å²) < 4.78 is 13.5. The Labute approximate surface area is 97.4 Å². The van der Waals surface area contributed by atoms with Crippen LogP contribution in [0.2, 0.25) is 0 Å². The van der Waals surface area contributed by atoms with E-state index in [0.717, 1.165) is 12.1 Å². The van der Waals surface area contributed by atoms with E-state index in [-0.39, 0.29) is 11.5 Å². The summed E-state index contributed by atoms with van der Waals surface area (Å²) in [6.45, 7) is 10.1.